The molecule has 0 fully saturated rings. The topological polar surface area (TPSA) is 17.1 Å². The summed E-state index contributed by atoms with van der Waals surface area (Å²) in [6.07, 6.45) is 2.94. The fourth-order valence-corrected chi connectivity index (χ4v) is 6.36. The van der Waals surface area contributed by atoms with Crippen LogP contribution in [0.2, 0.25) is 0 Å². The second kappa shape index (κ2) is 6.62. The zero-order chi connectivity index (χ0) is 15.3. The van der Waals surface area contributed by atoms with Gasteiger partial charge in [-0.2, -0.15) is 0 Å². The minimum Gasteiger partial charge on any atom is -0.314 e. The number of hydrogen-bond acceptors (Lipinski definition) is 1. The summed E-state index contributed by atoms with van der Waals surface area (Å²) in [6.45, 7) is 6.65. The Morgan fingerprint density at radius 3 is 1.67 bits per heavy atom. The van der Waals surface area contributed by atoms with Crippen molar-refractivity contribution < 1.29 is 4.57 Å². The van der Waals surface area contributed by atoms with E-state index in [0.717, 1.165) is 29.6 Å². The largest absolute Gasteiger partial charge is 0.314 e. The summed E-state index contributed by atoms with van der Waals surface area (Å²) in [5, 5.41) is 1.95. The van der Waals surface area contributed by atoms with Crippen molar-refractivity contribution in [2.75, 3.05) is 6.16 Å². The Kier molecular flexibility index (Phi) is 5.06. The van der Waals surface area contributed by atoms with Gasteiger partial charge in [-0.15, -0.1) is 0 Å². The highest BCUT2D eigenvalue weighted by atomic mass is 31.2. The van der Waals surface area contributed by atoms with E-state index in [1.165, 1.54) is 0 Å². The zero-order valence-electron chi connectivity index (χ0n) is 13.3. The fraction of sp³-hybridized carbons (Fsp3) is 0.368. The van der Waals surface area contributed by atoms with Gasteiger partial charge in [0.1, 0.15) is 7.14 Å². The van der Waals surface area contributed by atoms with Gasteiger partial charge in [0.15, 0.2) is 0 Å². The van der Waals surface area contributed by atoms with Crippen molar-refractivity contribution in [1.82, 2.24) is 0 Å². The van der Waals surface area contributed by atoms with E-state index in [4.69, 9.17) is 0 Å². The van der Waals surface area contributed by atoms with Gasteiger partial charge in [-0.3, -0.25) is 0 Å². The fourth-order valence-electron chi connectivity index (χ4n) is 3.03. The lowest BCUT2D eigenvalue weighted by molar-refractivity contribution is 0.375. The van der Waals surface area contributed by atoms with Crippen LogP contribution in [0.5, 0.6) is 0 Å². The van der Waals surface area contributed by atoms with Crippen LogP contribution in [-0.2, 0) is 4.57 Å². The summed E-state index contributed by atoms with van der Waals surface area (Å²) in [4.78, 5) is 0. The van der Waals surface area contributed by atoms with Gasteiger partial charge in [0, 0.05) is 16.8 Å². The molecule has 0 aliphatic heterocycles. The van der Waals surface area contributed by atoms with E-state index in [0.29, 0.717) is 0 Å². The first kappa shape index (κ1) is 16.0. The average molecular weight is 300 g/mol. The normalized spacial score (nSPS) is 12.3. The molecule has 2 rings (SSSR count). The van der Waals surface area contributed by atoms with Gasteiger partial charge in [-0.25, -0.2) is 0 Å². The van der Waals surface area contributed by atoms with Crippen LogP contribution in [0.3, 0.4) is 0 Å². The van der Waals surface area contributed by atoms with Crippen molar-refractivity contribution in [2.45, 2.75) is 33.6 Å². The van der Waals surface area contributed by atoms with Crippen molar-refractivity contribution in [3.63, 3.8) is 0 Å². The highest BCUT2D eigenvalue weighted by Gasteiger charge is 2.33. The maximum absolute atomic E-state index is 13.9. The molecule has 0 atom stereocenters. The Balaban J connectivity index is 2.48. The molecule has 0 unspecified atom stereocenters. The van der Waals surface area contributed by atoms with Gasteiger partial charge < -0.3 is 4.57 Å². The molecule has 2 aromatic rings. The molecule has 0 bridgehead atoms. The third-order valence-electron chi connectivity index (χ3n) is 3.92. The van der Waals surface area contributed by atoms with E-state index in [1.54, 1.807) is 0 Å². The second-order valence-electron chi connectivity index (χ2n) is 6.48. The van der Waals surface area contributed by atoms with Gasteiger partial charge >= 0.3 is 0 Å². The van der Waals surface area contributed by atoms with E-state index >= 15 is 0 Å². The first-order chi connectivity index (χ1) is 9.98. The smallest absolute Gasteiger partial charge is 0.143 e. The molecular formula is C19H25OP. The maximum atomic E-state index is 13.9. The molecule has 0 amide bonds. The lowest BCUT2D eigenvalue weighted by Crippen LogP contribution is -2.26. The average Bonchev–Trinajstić information content (AvgIpc) is 2.48. The quantitative estimate of drug-likeness (QED) is 0.699. The molecule has 2 aromatic carbocycles. The molecule has 21 heavy (non-hydrogen) atoms. The molecule has 0 spiro atoms. The summed E-state index contributed by atoms with van der Waals surface area (Å²) in [5.41, 5.74) is 0.0793. The lowest BCUT2D eigenvalue weighted by atomic mass is 9.91. The molecule has 0 heterocycles. The molecule has 0 aliphatic carbocycles. The van der Waals surface area contributed by atoms with Crippen molar-refractivity contribution in [2.24, 2.45) is 5.41 Å². The van der Waals surface area contributed by atoms with E-state index in [-0.39, 0.29) is 5.41 Å². The van der Waals surface area contributed by atoms with E-state index in [1.807, 2.05) is 60.7 Å². The summed E-state index contributed by atoms with van der Waals surface area (Å²) in [5.74, 6) is 0. The van der Waals surface area contributed by atoms with Crippen LogP contribution in [0.1, 0.15) is 33.6 Å². The van der Waals surface area contributed by atoms with Crippen molar-refractivity contribution in [1.29, 1.82) is 0 Å². The Labute approximate surface area is 128 Å². The molecule has 112 valence electrons. The maximum Gasteiger partial charge on any atom is 0.143 e. The molecule has 2 heteroatoms. The van der Waals surface area contributed by atoms with Gasteiger partial charge in [0.2, 0.25) is 0 Å². The van der Waals surface area contributed by atoms with E-state index in [9.17, 15) is 4.57 Å². The van der Waals surface area contributed by atoms with Crippen LogP contribution < -0.4 is 10.6 Å². The molecule has 0 aromatic heterocycles. The minimum atomic E-state index is -2.58. The van der Waals surface area contributed by atoms with Crippen LogP contribution in [-0.4, -0.2) is 6.16 Å². The molecular weight excluding hydrogens is 275 g/mol. The zero-order valence-corrected chi connectivity index (χ0v) is 14.1. The van der Waals surface area contributed by atoms with Crippen LogP contribution >= 0.6 is 7.14 Å². The van der Waals surface area contributed by atoms with Crippen LogP contribution in [0.4, 0.5) is 0 Å². The summed E-state index contributed by atoms with van der Waals surface area (Å²) < 4.78 is 13.9. The minimum absolute atomic E-state index is 0.0793. The highest BCUT2D eigenvalue weighted by Crippen LogP contribution is 2.49. The second-order valence-corrected chi connectivity index (χ2v) is 9.31. The molecule has 0 radical (unpaired) electrons. The Hall–Kier alpha value is -1.33. The van der Waals surface area contributed by atoms with Crippen molar-refractivity contribution in [3.8, 4) is 0 Å². The molecule has 0 N–H and O–H groups in total. The third-order valence-corrected chi connectivity index (χ3v) is 7.49. The Morgan fingerprint density at radius 1 is 0.857 bits per heavy atom. The molecule has 0 saturated heterocycles. The molecule has 0 aliphatic rings. The van der Waals surface area contributed by atoms with Crippen LogP contribution in [0, 0.1) is 5.41 Å². The highest BCUT2D eigenvalue weighted by molar-refractivity contribution is 7.78. The van der Waals surface area contributed by atoms with Gasteiger partial charge in [-0.05, 0) is 11.8 Å². The van der Waals surface area contributed by atoms with E-state index in [2.05, 4.69) is 20.8 Å². The van der Waals surface area contributed by atoms with Crippen LogP contribution in [0.15, 0.2) is 60.7 Å². The van der Waals surface area contributed by atoms with Crippen molar-refractivity contribution >= 4 is 17.8 Å². The van der Waals surface area contributed by atoms with E-state index < -0.39 is 7.14 Å². The SMILES string of the molecule is CCCC(C)(C)CP(=O)(c1ccccc1)c1ccccc1. The predicted molar refractivity (Wildman–Crippen MR) is 93.3 cm³/mol. The number of benzene rings is 2. The van der Waals surface area contributed by atoms with Gasteiger partial charge in [0.05, 0.1) is 0 Å². The lowest BCUT2D eigenvalue weighted by Gasteiger charge is -2.30. The third kappa shape index (κ3) is 3.86. The molecule has 1 nitrogen and oxygen atoms in total. The predicted octanol–water partition coefficient (Wildman–Crippen LogP) is 4.83. The summed E-state index contributed by atoms with van der Waals surface area (Å²) >= 11 is 0. The van der Waals surface area contributed by atoms with Gasteiger partial charge in [0.25, 0.3) is 0 Å². The summed E-state index contributed by atoms with van der Waals surface area (Å²) in [7, 11) is -2.58. The van der Waals surface area contributed by atoms with Crippen molar-refractivity contribution in [3.05, 3.63) is 60.7 Å². The first-order valence-corrected chi connectivity index (χ1v) is 9.57. The molecule has 0 saturated carbocycles. The first-order valence-electron chi connectivity index (χ1n) is 7.68. The number of hydrogen-bond donors (Lipinski definition) is 0. The Morgan fingerprint density at radius 2 is 1.29 bits per heavy atom. The van der Waals surface area contributed by atoms with Gasteiger partial charge in [-0.1, -0.05) is 87.9 Å². The standard InChI is InChI=1S/C19H25OP/c1-4-15-19(2,3)16-21(20,17-11-7-5-8-12-17)18-13-9-6-10-14-18/h5-14H,4,15-16H2,1-3H3. The Bertz CT molecular complexity index is 558. The summed E-state index contributed by atoms with van der Waals surface area (Å²) in [6, 6.07) is 19.9. The monoisotopic (exact) mass is 300 g/mol. The van der Waals surface area contributed by atoms with Crippen LogP contribution in [0.25, 0.3) is 0 Å². The number of rotatable bonds is 6.